The Kier molecular flexibility index (Phi) is 2.19. The second-order valence-corrected chi connectivity index (χ2v) is 3.15. The van der Waals surface area contributed by atoms with Crippen LogP contribution in [0.25, 0.3) is 0 Å². The molecule has 1 aromatic carbocycles. The highest BCUT2D eigenvalue weighted by Crippen LogP contribution is 2.45. The predicted molar refractivity (Wildman–Crippen MR) is 46.8 cm³/mol. The van der Waals surface area contributed by atoms with Crippen molar-refractivity contribution in [1.29, 1.82) is 0 Å². The summed E-state index contributed by atoms with van der Waals surface area (Å²) in [6.45, 7) is 0. The lowest BCUT2D eigenvalue weighted by Crippen LogP contribution is -2.20. The van der Waals surface area contributed by atoms with E-state index in [9.17, 15) is 13.6 Å². The highest BCUT2D eigenvalue weighted by molar-refractivity contribution is 5.67. The first-order chi connectivity index (χ1) is 7.10. The lowest BCUT2D eigenvalue weighted by molar-refractivity contribution is -0.195. The Hall–Kier alpha value is -1.49. The Balaban J connectivity index is 2.57. The number of carbonyl (C=O) groups is 1. The molecular formula is C10H8F2O3. The molecule has 0 spiro atoms. The summed E-state index contributed by atoms with van der Waals surface area (Å²) in [5.41, 5.74) is -0.116. The molecule has 0 bridgehead atoms. The number of aldehydes is 1. The third kappa shape index (κ3) is 1.39. The van der Waals surface area contributed by atoms with Crippen LogP contribution in [0.2, 0.25) is 0 Å². The molecule has 15 heavy (non-hydrogen) atoms. The normalized spacial score (nSPS) is 28.6. The number of alkyl halides is 2. The molecule has 1 aromatic rings. The van der Waals surface area contributed by atoms with Crippen molar-refractivity contribution in [1.82, 2.24) is 0 Å². The minimum atomic E-state index is -2.71. The van der Waals surface area contributed by atoms with Crippen molar-refractivity contribution in [2.24, 2.45) is 0 Å². The number of methoxy groups -OCH3 is 1. The molecule has 3 nitrogen and oxygen atoms in total. The summed E-state index contributed by atoms with van der Waals surface area (Å²) in [5.74, 6) is -2.36. The van der Waals surface area contributed by atoms with Crippen molar-refractivity contribution in [3.63, 3.8) is 0 Å². The van der Waals surface area contributed by atoms with Crippen molar-refractivity contribution >= 4 is 6.29 Å². The summed E-state index contributed by atoms with van der Waals surface area (Å²) in [4.78, 5) is 10.5. The van der Waals surface area contributed by atoms with E-state index in [1.165, 1.54) is 25.3 Å². The Bertz CT molecular complexity index is 408. The summed E-state index contributed by atoms with van der Waals surface area (Å²) in [7, 11) is 1.39. The van der Waals surface area contributed by atoms with Crippen LogP contribution in [-0.2, 0) is 15.4 Å². The Morgan fingerprint density at radius 2 is 2.33 bits per heavy atom. The van der Waals surface area contributed by atoms with Gasteiger partial charge in [-0.05, 0) is 18.2 Å². The van der Waals surface area contributed by atoms with Crippen LogP contribution >= 0.6 is 0 Å². The molecule has 1 heterocycles. The zero-order valence-electron chi connectivity index (χ0n) is 7.87. The van der Waals surface area contributed by atoms with Gasteiger partial charge in [0.1, 0.15) is 5.75 Å². The Labute approximate surface area is 84.6 Å². The van der Waals surface area contributed by atoms with Crippen LogP contribution in [0.5, 0.6) is 5.75 Å². The molecule has 80 valence electrons. The minimum absolute atomic E-state index is 0.0189. The first-order valence-electron chi connectivity index (χ1n) is 4.26. The van der Waals surface area contributed by atoms with Crippen molar-refractivity contribution in [2.75, 3.05) is 7.11 Å². The average molecular weight is 214 g/mol. The molecule has 0 saturated carbocycles. The SMILES string of the molecule is COc1ccc2c(c1)C(F)(C=O)OC2F. The van der Waals surface area contributed by atoms with Crippen molar-refractivity contribution in [3.05, 3.63) is 29.3 Å². The third-order valence-electron chi connectivity index (χ3n) is 2.30. The van der Waals surface area contributed by atoms with Gasteiger partial charge in [-0.1, -0.05) is 0 Å². The second kappa shape index (κ2) is 3.27. The van der Waals surface area contributed by atoms with Crippen molar-refractivity contribution < 1.29 is 23.0 Å². The summed E-state index contributed by atoms with van der Waals surface area (Å²) >= 11 is 0. The Morgan fingerprint density at radius 1 is 1.60 bits per heavy atom. The van der Waals surface area contributed by atoms with Gasteiger partial charge in [0.2, 0.25) is 6.36 Å². The number of hydrogen-bond acceptors (Lipinski definition) is 3. The maximum absolute atomic E-state index is 13.7. The molecular weight excluding hydrogens is 206 g/mol. The topological polar surface area (TPSA) is 35.5 Å². The molecule has 2 unspecified atom stereocenters. The lowest BCUT2D eigenvalue weighted by atomic mass is 10.0. The maximum Gasteiger partial charge on any atom is 0.295 e. The summed E-state index contributed by atoms with van der Waals surface area (Å²) in [6.07, 6.45) is -1.98. The van der Waals surface area contributed by atoms with Crippen LogP contribution in [0, 0.1) is 0 Å². The van der Waals surface area contributed by atoms with Gasteiger partial charge in [0.05, 0.1) is 7.11 Å². The van der Waals surface area contributed by atoms with E-state index in [2.05, 4.69) is 4.74 Å². The highest BCUT2D eigenvalue weighted by atomic mass is 19.2. The number of hydrogen-bond donors (Lipinski definition) is 0. The van der Waals surface area contributed by atoms with Crippen LogP contribution < -0.4 is 4.74 Å². The number of ether oxygens (including phenoxy) is 2. The van der Waals surface area contributed by atoms with Gasteiger partial charge in [-0.15, -0.1) is 0 Å². The number of rotatable bonds is 2. The first-order valence-corrected chi connectivity index (χ1v) is 4.26. The minimum Gasteiger partial charge on any atom is -0.497 e. The first kappa shape index (κ1) is 10.0. The van der Waals surface area contributed by atoms with E-state index >= 15 is 0 Å². The van der Waals surface area contributed by atoms with E-state index in [1.807, 2.05) is 0 Å². The van der Waals surface area contributed by atoms with Crippen LogP contribution in [-0.4, -0.2) is 13.4 Å². The van der Waals surface area contributed by atoms with Gasteiger partial charge in [0.25, 0.3) is 5.85 Å². The largest absolute Gasteiger partial charge is 0.497 e. The molecule has 0 fully saturated rings. The molecule has 0 saturated heterocycles. The van der Waals surface area contributed by atoms with Crippen molar-refractivity contribution in [3.8, 4) is 5.75 Å². The van der Waals surface area contributed by atoms with E-state index in [4.69, 9.17) is 4.74 Å². The van der Waals surface area contributed by atoms with E-state index in [1.54, 1.807) is 0 Å². The summed E-state index contributed by atoms with van der Waals surface area (Å²) in [6, 6.07) is 4.07. The predicted octanol–water partition coefficient (Wildman–Crippen LogP) is 2.01. The zero-order valence-corrected chi connectivity index (χ0v) is 7.87. The van der Waals surface area contributed by atoms with Gasteiger partial charge < -0.3 is 4.74 Å². The summed E-state index contributed by atoms with van der Waals surface area (Å²) in [5, 5.41) is 0. The van der Waals surface area contributed by atoms with Gasteiger partial charge in [-0.2, -0.15) is 4.39 Å². The van der Waals surface area contributed by atoms with Crippen LogP contribution in [0.1, 0.15) is 17.5 Å². The molecule has 1 aliphatic rings. The molecule has 0 N–H and O–H groups in total. The highest BCUT2D eigenvalue weighted by Gasteiger charge is 2.46. The number of fused-ring (bicyclic) bond motifs is 1. The van der Waals surface area contributed by atoms with Gasteiger partial charge in [-0.3, -0.25) is 9.53 Å². The number of carbonyl (C=O) groups excluding carboxylic acids is 1. The van der Waals surface area contributed by atoms with Gasteiger partial charge in [-0.25, -0.2) is 4.39 Å². The van der Waals surface area contributed by atoms with Crippen LogP contribution in [0.3, 0.4) is 0 Å². The molecule has 1 aliphatic heterocycles. The standard InChI is InChI=1S/C10H8F2O3/c1-14-6-2-3-7-8(4-6)10(12,5-13)15-9(7)11/h2-5,9H,1H3. The van der Waals surface area contributed by atoms with Crippen LogP contribution in [0.15, 0.2) is 18.2 Å². The van der Waals surface area contributed by atoms with E-state index in [-0.39, 0.29) is 17.4 Å². The fourth-order valence-electron chi connectivity index (χ4n) is 1.52. The lowest BCUT2D eigenvalue weighted by Gasteiger charge is -2.11. The monoisotopic (exact) mass is 214 g/mol. The maximum atomic E-state index is 13.7. The van der Waals surface area contributed by atoms with Gasteiger partial charge >= 0.3 is 0 Å². The molecule has 5 heteroatoms. The summed E-state index contributed by atoms with van der Waals surface area (Å²) < 4.78 is 36.1. The Morgan fingerprint density at radius 3 is 2.93 bits per heavy atom. The van der Waals surface area contributed by atoms with Crippen LogP contribution in [0.4, 0.5) is 8.78 Å². The van der Waals surface area contributed by atoms with Gasteiger partial charge in [0.15, 0.2) is 6.29 Å². The smallest absolute Gasteiger partial charge is 0.295 e. The molecule has 2 rings (SSSR count). The van der Waals surface area contributed by atoms with E-state index < -0.39 is 12.2 Å². The molecule has 0 aromatic heterocycles. The van der Waals surface area contributed by atoms with E-state index in [0.29, 0.717) is 5.75 Å². The molecule has 2 atom stereocenters. The van der Waals surface area contributed by atoms with Crippen molar-refractivity contribution in [2.45, 2.75) is 12.2 Å². The number of halogens is 2. The quantitative estimate of drug-likeness (QED) is 0.706. The van der Waals surface area contributed by atoms with E-state index in [0.717, 1.165) is 0 Å². The second-order valence-electron chi connectivity index (χ2n) is 3.15. The number of benzene rings is 1. The zero-order chi connectivity index (χ0) is 11.1. The fraction of sp³-hybridized carbons (Fsp3) is 0.300. The molecule has 0 radical (unpaired) electrons. The fourth-order valence-corrected chi connectivity index (χ4v) is 1.52. The average Bonchev–Trinajstić information content (AvgIpc) is 2.52. The third-order valence-corrected chi connectivity index (χ3v) is 2.30. The molecule has 0 amide bonds. The molecule has 0 aliphatic carbocycles. The van der Waals surface area contributed by atoms with Gasteiger partial charge in [0, 0.05) is 11.1 Å².